The summed E-state index contributed by atoms with van der Waals surface area (Å²) < 4.78 is 0. The molecule has 2 rings (SSSR count). The van der Waals surface area contributed by atoms with Crippen LogP contribution in [0, 0.1) is 10.1 Å². The van der Waals surface area contributed by atoms with Crippen LogP contribution in [0.25, 0.3) is 0 Å². The van der Waals surface area contributed by atoms with Crippen LogP contribution < -0.4 is 0 Å². The largest absolute Gasteiger partial charge is 0.508 e. The lowest BCUT2D eigenvalue weighted by Crippen LogP contribution is -1.98. The lowest BCUT2D eigenvalue weighted by molar-refractivity contribution is -0.384. The second kappa shape index (κ2) is 4.87. The van der Waals surface area contributed by atoms with Crippen molar-refractivity contribution >= 4 is 5.69 Å². The number of nitro groups is 1. The van der Waals surface area contributed by atoms with Crippen LogP contribution in [-0.2, 0) is 0 Å². The number of hydrogen-bond acceptors (Lipinski definition) is 3. The van der Waals surface area contributed by atoms with Gasteiger partial charge in [-0.1, -0.05) is 37.3 Å². The summed E-state index contributed by atoms with van der Waals surface area (Å²) in [7, 11) is 0. The van der Waals surface area contributed by atoms with Crippen LogP contribution in [0.5, 0.6) is 5.75 Å². The van der Waals surface area contributed by atoms with E-state index in [1.54, 1.807) is 0 Å². The number of rotatable bonds is 3. The first-order valence-electron chi connectivity index (χ1n) is 5.62. The molecule has 0 aliphatic heterocycles. The van der Waals surface area contributed by atoms with Crippen LogP contribution in [0.3, 0.4) is 0 Å². The van der Waals surface area contributed by atoms with Crippen molar-refractivity contribution in [3.05, 3.63) is 69.8 Å². The monoisotopic (exact) mass is 243 g/mol. The number of phenols is 1. The highest BCUT2D eigenvalue weighted by molar-refractivity contribution is 5.47. The predicted molar refractivity (Wildman–Crippen MR) is 68.7 cm³/mol. The Bertz CT molecular complexity index is 567. The quantitative estimate of drug-likeness (QED) is 0.663. The SMILES string of the molecule is CC(c1ccccc1)c1cc([N+](=O)[O-])ccc1O. The summed E-state index contributed by atoms with van der Waals surface area (Å²) in [4.78, 5) is 10.3. The minimum absolute atomic E-state index is 0.00872. The standard InChI is InChI=1S/C14H13NO3/c1-10(11-5-3-2-4-6-11)13-9-12(15(17)18)7-8-14(13)16/h2-10,16H,1H3. The average Bonchev–Trinajstić information content (AvgIpc) is 2.39. The van der Waals surface area contributed by atoms with E-state index in [2.05, 4.69) is 0 Å². The lowest BCUT2D eigenvalue weighted by Gasteiger charge is -2.13. The predicted octanol–water partition coefficient (Wildman–Crippen LogP) is 3.45. The van der Waals surface area contributed by atoms with Gasteiger partial charge in [-0.25, -0.2) is 0 Å². The number of nitrogens with zero attached hydrogens (tertiary/aromatic N) is 1. The Morgan fingerprint density at radius 2 is 1.83 bits per heavy atom. The highest BCUT2D eigenvalue weighted by Crippen LogP contribution is 2.33. The van der Waals surface area contributed by atoms with E-state index < -0.39 is 4.92 Å². The Hall–Kier alpha value is -2.36. The minimum Gasteiger partial charge on any atom is -0.508 e. The summed E-state index contributed by atoms with van der Waals surface area (Å²) in [5.41, 5.74) is 1.56. The fourth-order valence-electron chi connectivity index (χ4n) is 1.92. The van der Waals surface area contributed by atoms with Crippen molar-refractivity contribution in [3.8, 4) is 5.75 Å². The Morgan fingerprint density at radius 3 is 2.44 bits per heavy atom. The lowest BCUT2D eigenvalue weighted by atomic mass is 9.92. The Kier molecular flexibility index (Phi) is 3.28. The molecule has 0 saturated carbocycles. The van der Waals surface area contributed by atoms with Gasteiger partial charge in [0.1, 0.15) is 5.75 Å². The van der Waals surface area contributed by atoms with Crippen LogP contribution in [0.1, 0.15) is 24.0 Å². The first kappa shape index (κ1) is 12.1. The van der Waals surface area contributed by atoms with Gasteiger partial charge in [-0.3, -0.25) is 10.1 Å². The molecular weight excluding hydrogens is 230 g/mol. The van der Waals surface area contributed by atoms with Crippen LogP contribution in [0.4, 0.5) is 5.69 Å². The van der Waals surface area contributed by atoms with Gasteiger partial charge in [0, 0.05) is 23.6 Å². The van der Waals surface area contributed by atoms with Crippen molar-refractivity contribution < 1.29 is 10.0 Å². The number of non-ortho nitro benzene ring substituents is 1. The highest BCUT2D eigenvalue weighted by atomic mass is 16.6. The summed E-state index contributed by atoms with van der Waals surface area (Å²) in [6.07, 6.45) is 0. The molecule has 0 saturated heterocycles. The summed E-state index contributed by atoms with van der Waals surface area (Å²) >= 11 is 0. The molecule has 1 unspecified atom stereocenters. The van der Waals surface area contributed by atoms with Gasteiger partial charge in [0.15, 0.2) is 0 Å². The number of phenolic OH excluding ortho intramolecular Hbond substituents is 1. The number of aromatic hydroxyl groups is 1. The molecule has 0 aromatic heterocycles. The molecule has 1 N–H and O–H groups in total. The first-order chi connectivity index (χ1) is 8.59. The Balaban J connectivity index is 2.44. The number of benzene rings is 2. The van der Waals surface area contributed by atoms with Crippen molar-refractivity contribution in [2.45, 2.75) is 12.8 Å². The van der Waals surface area contributed by atoms with Gasteiger partial charge < -0.3 is 5.11 Å². The van der Waals surface area contributed by atoms with Crippen LogP contribution in [0.15, 0.2) is 48.5 Å². The Morgan fingerprint density at radius 1 is 1.17 bits per heavy atom. The summed E-state index contributed by atoms with van der Waals surface area (Å²) in [5, 5.41) is 20.6. The molecule has 0 fully saturated rings. The van der Waals surface area contributed by atoms with E-state index in [0.717, 1.165) is 5.56 Å². The van der Waals surface area contributed by atoms with Gasteiger partial charge >= 0.3 is 0 Å². The molecule has 0 aliphatic carbocycles. The van der Waals surface area contributed by atoms with Crippen molar-refractivity contribution in [1.29, 1.82) is 0 Å². The van der Waals surface area contributed by atoms with Crippen LogP contribution in [0.2, 0.25) is 0 Å². The van der Waals surface area contributed by atoms with E-state index in [4.69, 9.17) is 0 Å². The smallest absolute Gasteiger partial charge is 0.269 e. The molecule has 18 heavy (non-hydrogen) atoms. The second-order valence-electron chi connectivity index (χ2n) is 4.13. The van der Waals surface area contributed by atoms with Crippen molar-refractivity contribution in [1.82, 2.24) is 0 Å². The van der Waals surface area contributed by atoms with E-state index in [0.29, 0.717) is 5.56 Å². The zero-order valence-electron chi connectivity index (χ0n) is 9.91. The maximum absolute atomic E-state index is 10.7. The van der Waals surface area contributed by atoms with Crippen LogP contribution in [-0.4, -0.2) is 10.0 Å². The van der Waals surface area contributed by atoms with E-state index >= 15 is 0 Å². The second-order valence-corrected chi connectivity index (χ2v) is 4.13. The molecule has 0 bridgehead atoms. The fourth-order valence-corrected chi connectivity index (χ4v) is 1.92. The van der Waals surface area contributed by atoms with Gasteiger partial charge in [0.2, 0.25) is 0 Å². The first-order valence-corrected chi connectivity index (χ1v) is 5.62. The molecule has 0 amide bonds. The molecule has 4 heteroatoms. The van der Waals surface area contributed by atoms with Gasteiger partial charge in [0.05, 0.1) is 4.92 Å². The third kappa shape index (κ3) is 2.32. The van der Waals surface area contributed by atoms with E-state index in [1.807, 2.05) is 37.3 Å². The third-order valence-electron chi connectivity index (χ3n) is 2.99. The van der Waals surface area contributed by atoms with Crippen LogP contribution >= 0.6 is 0 Å². The zero-order chi connectivity index (χ0) is 13.1. The van der Waals surface area contributed by atoms with Crippen molar-refractivity contribution in [2.75, 3.05) is 0 Å². The number of nitro benzene ring substituents is 1. The third-order valence-corrected chi connectivity index (χ3v) is 2.99. The van der Waals surface area contributed by atoms with Crippen molar-refractivity contribution in [3.63, 3.8) is 0 Å². The maximum atomic E-state index is 10.7. The molecule has 4 nitrogen and oxygen atoms in total. The summed E-state index contributed by atoms with van der Waals surface area (Å²) in [6.45, 7) is 1.91. The van der Waals surface area contributed by atoms with E-state index in [-0.39, 0.29) is 17.4 Å². The summed E-state index contributed by atoms with van der Waals surface area (Å²) in [5.74, 6) is -0.0111. The van der Waals surface area contributed by atoms with Gasteiger partial charge in [-0.15, -0.1) is 0 Å². The molecule has 0 spiro atoms. The molecule has 92 valence electrons. The van der Waals surface area contributed by atoms with Gasteiger partial charge in [-0.2, -0.15) is 0 Å². The van der Waals surface area contributed by atoms with Gasteiger partial charge in [0.25, 0.3) is 5.69 Å². The highest BCUT2D eigenvalue weighted by Gasteiger charge is 2.16. The minimum atomic E-state index is -0.458. The van der Waals surface area contributed by atoms with Gasteiger partial charge in [-0.05, 0) is 11.6 Å². The fraction of sp³-hybridized carbons (Fsp3) is 0.143. The molecule has 2 aromatic rings. The Labute approximate surface area is 105 Å². The zero-order valence-corrected chi connectivity index (χ0v) is 9.91. The summed E-state index contributed by atoms with van der Waals surface area (Å²) in [6, 6.07) is 13.7. The van der Waals surface area contributed by atoms with E-state index in [9.17, 15) is 15.2 Å². The average molecular weight is 243 g/mol. The molecule has 1 atom stereocenters. The normalized spacial score (nSPS) is 12.1. The molecule has 0 aliphatic rings. The number of hydrogen-bond donors (Lipinski definition) is 1. The molecule has 0 radical (unpaired) electrons. The van der Waals surface area contributed by atoms with Crippen molar-refractivity contribution in [2.24, 2.45) is 0 Å². The topological polar surface area (TPSA) is 63.4 Å². The van der Waals surface area contributed by atoms with E-state index in [1.165, 1.54) is 18.2 Å². The molecule has 2 aromatic carbocycles. The maximum Gasteiger partial charge on any atom is 0.269 e. The molecule has 0 heterocycles. The molecular formula is C14H13NO3.